The zero-order valence-corrected chi connectivity index (χ0v) is 14.8. The average Bonchev–Trinajstić information content (AvgIpc) is 3.00. The molecule has 0 spiro atoms. The summed E-state index contributed by atoms with van der Waals surface area (Å²) in [4.78, 5) is 28.1. The van der Waals surface area contributed by atoms with Crippen molar-refractivity contribution in [1.82, 2.24) is 9.88 Å². The molecule has 0 saturated heterocycles. The molecule has 1 aromatic carbocycles. The molecule has 2 rings (SSSR count). The SMILES string of the molecule is CC(SCc1ncc(-c2ccc(Cl)cc2)o1)C(=O)N(C)CC(=O)O. The van der Waals surface area contributed by atoms with Gasteiger partial charge >= 0.3 is 5.97 Å². The number of halogens is 1. The molecule has 1 amide bonds. The van der Waals surface area contributed by atoms with Gasteiger partial charge in [-0.1, -0.05) is 11.6 Å². The normalized spacial score (nSPS) is 12.0. The number of amides is 1. The minimum atomic E-state index is -1.04. The van der Waals surface area contributed by atoms with Crippen molar-refractivity contribution in [2.45, 2.75) is 17.9 Å². The highest BCUT2D eigenvalue weighted by Crippen LogP contribution is 2.25. The number of aromatic nitrogens is 1. The molecule has 0 aliphatic heterocycles. The van der Waals surface area contributed by atoms with Gasteiger partial charge in [-0.2, -0.15) is 0 Å². The predicted molar refractivity (Wildman–Crippen MR) is 93.0 cm³/mol. The van der Waals surface area contributed by atoms with Gasteiger partial charge in [-0.3, -0.25) is 9.59 Å². The Morgan fingerprint density at radius 1 is 1.38 bits per heavy atom. The molecule has 1 unspecified atom stereocenters. The summed E-state index contributed by atoms with van der Waals surface area (Å²) in [6.07, 6.45) is 1.63. The molecule has 8 heteroatoms. The summed E-state index contributed by atoms with van der Waals surface area (Å²) in [6, 6.07) is 7.22. The first kappa shape index (κ1) is 18.4. The number of likely N-dealkylation sites (N-methyl/N-ethyl adjacent to an activating group) is 1. The second kappa shape index (κ2) is 8.21. The maximum absolute atomic E-state index is 12.0. The Bertz CT molecular complexity index is 717. The highest BCUT2D eigenvalue weighted by atomic mass is 35.5. The molecular formula is C16H17ClN2O4S. The van der Waals surface area contributed by atoms with Crippen LogP contribution in [-0.4, -0.2) is 45.7 Å². The van der Waals surface area contributed by atoms with E-state index in [1.165, 1.54) is 23.7 Å². The van der Waals surface area contributed by atoms with Crippen molar-refractivity contribution < 1.29 is 19.1 Å². The molecular weight excluding hydrogens is 352 g/mol. The topological polar surface area (TPSA) is 83.6 Å². The zero-order chi connectivity index (χ0) is 17.7. The number of aliphatic carboxylic acids is 1. The lowest BCUT2D eigenvalue weighted by molar-refractivity contribution is -0.143. The van der Waals surface area contributed by atoms with Gasteiger partial charge in [-0.15, -0.1) is 11.8 Å². The van der Waals surface area contributed by atoms with Gasteiger partial charge in [-0.05, 0) is 31.2 Å². The second-order valence-corrected chi connectivity index (χ2v) is 6.93. The molecule has 128 valence electrons. The number of hydrogen-bond donors (Lipinski definition) is 1. The van der Waals surface area contributed by atoms with Crippen LogP contribution in [0.3, 0.4) is 0 Å². The number of carbonyl (C=O) groups is 2. The van der Waals surface area contributed by atoms with E-state index >= 15 is 0 Å². The van der Waals surface area contributed by atoms with Gasteiger partial charge in [0.1, 0.15) is 6.54 Å². The number of oxazole rings is 1. The van der Waals surface area contributed by atoms with Crippen molar-refractivity contribution in [3.05, 3.63) is 41.4 Å². The highest BCUT2D eigenvalue weighted by molar-refractivity contribution is 7.99. The molecule has 1 aromatic heterocycles. The van der Waals surface area contributed by atoms with Crippen LogP contribution in [0.5, 0.6) is 0 Å². The number of nitrogens with zero attached hydrogens (tertiary/aromatic N) is 2. The van der Waals surface area contributed by atoms with E-state index in [-0.39, 0.29) is 17.7 Å². The number of rotatable bonds is 7. The molecule has 0 aliphatic carbocycles. The number of carboxylic acids is 1. The smallest absolute Gasteiger partial charge is 0.323 e. The average molecular weight is 369 g/mol. The first-order valence-corrected chi connectivity index (χ1v) is 8.58. The number of carbonyl (C=O) groups excluding carboxylic acids is 1. The van der Waals surface area contributed by atoms with Gasteiger partial charge in [-0.25, -0.2) is 4.98 Å². The molecule has 1 heterocycles. The van der Waals surface area contributed by atoms with Crippen LogP contribution in [0.4, 0.5) is 0 Å². The maximum Gasteiger partial charge on any atom is 0.323 e. The van der Waals surface area contributed by atoms with Crippen LogP contribution in [0.1, 0.15) is 12.8 Å². The quantitative estimate of drug-likeness (QED) is 0.808. The predicted octanol–water partition coefficient (Wildman–Crippen LogP) is 3.16. The summed E-state index contributed by atoms with van der Waals surface area (Å²) >= 11 is 7.20. The van der Waals surface area contributed by atoms with Gasteiger partial charge < -0.3 is 14.4 Å². The summed E-state index contributed by atoms with van der Waals surface area (Å²) in [5, 5.41) is 8.97. The van der Waals surface area contributed by atoms with E-state index in [0.717, 1.165) is 5.56 Å². The van der Waals surface area contributed by atoms with Gasteiger partial charge in [0, 0.05) is 17.6 Å². The van der Waals surface area contributed by atoms with Crippen molar-refractivity contribution in [2.24, 2.45) is 0 Å². The molecule has 2 aromatic rings. The van der Waals surface area contributed by atoms with Crippen LogP contribution in [0, 0.1) is 0 Å². The van der Waals surface area contributed by atoms with E-state index in [1.54, 1.807) is 25.3 Å². The number of hydrogen-bond acceptors (Lipinski definition) is 5. The molecule has 6 nitrogen and oxygen atoms in total. The molecule has 0 radical (unpaired) electrons. The van der Waals surface area contributed by atoms with Crippen molar-refractivity contribution >= 4 is 35.2 Å². The van der Waals surface area contributed by atoms with E-state index in [0.29, 0.717) is 22.4 Å². The van der Waals surface area contributed by atoms with Crippen molar-refractivity contribution in [2.75, 3.05) is 13.6 Å². The Labute approximate surface area is 148 Å². The third-order valence-electron chi connectivity index (χ3n) is 3.24. The monoisotopic (exact) mass is 368 g/mol. The van der Waals surface area contributed by atoms with Gasteiger partial charge in [0.15, 0.2) is 5.76 Å². The minimum Gasteiger partial charge on any atom is -0.480 e. The number of benzene rings is 1. The summed E-state index contributed by atoms with van der Waals surface area (Å²) < 4.78 is 5.67. The van der Waals surface area contributed by atoms with E-state index in [9.17, 15) is 9.59 Å². The van der Waals surface area contributed by atoms with Crippen LogP contribution in [0.25, 0.3) is 11.3 Å². The largest absolute Gasteiger partial charge is 0.480 e. The molecule has 0 fully saturated rings. The Hall–Kier alpha value is -1.99. The van der Waals surface area contributed by atoms with Crippen LogP contribution in [0.2, 0.25) is 5.02 Å². The standard InChI is InChI=1S/C16H17ClN2O4S/c1-10(16(22)19(2)8-15(20)21)24-9-14-18-7-13(23-14)11-3-5-12(17)6-4-11/h3-7,10H,8-9H2,1-2H3,(H,20,21). The highest BCUT2D eigenvalue weighted by Gasteiger charge is 2.20. The molecule has 1 N–H and O–H groups in total. The van der Waals surface area contributed by atoms with Crippen LogP contribution < -0.4 is 0 Å². The summed E-state index contributed by atoms with van der Waals surface area (Å²) in [5.74, 6) is 0.270. The van der Waals surface area contributed by atoms with E-state index in [2.05, 4.69) is 4.98 Å². The fourth-order valence-corrected chi connectivity index (χ4v) is 2.96. The molecule has 0 bridgehead atoms. The van der Waals surface area contributed by atoms with E-state index in [1.807, 2.05) is 12.1 Å². The number of carboxylic acid groups (broad SMARTS) is 1. The molecule has 0 aliphatic rings. The first-order valence-electron chi connectivity index (χ1n) is 7.16. The summed E-state index contributed by atoms with van der Waals surface area (Å²) in [7, 11) is 1.47. The Morgan fingerprint density at radius 2 is 2.04 bits per heavy atom. The lowest BCUT2D eigenvalue weighted by Crippen LogP contribution is -2.36. The third-order valence-corrected chi connectivity index (χ3v) is 4.60. The second-order valence-electron chi connectivity index (χ2n) is 5.17. The number of thioether (sulfide) groups is 1. The van der Waals surface area contributed by atoms with Crippen molar-refractivity contribution in [3.8, 4) is 11.3 Å². The van der Waals surface area contributed by atoms with Crippen LogP contribution in [-0.2, 0) is 15.3 Å². The Morgan fingerprint density at radius 3 is 2.67 bits per heavy atom. The Kier molecular flexibility index (Phi) is 6.28. The summed E-state index contributed by atoms with van der Waals surface area (Å²) in [5.41, 5.74) is 0.869. The van der Waals surface area contributed by atoms with Crippen molar-refractivity contribution in [1.29, 1.82) is 0 Å². The maximum atomic E-state index is 12.0. The lowest BCUT2D eigenvalue weighted by Gasteiger charge is -2.18. The van der Waals surface area contributed by atoms with Crippen LogP contribution in [0.15, 0.2) is 34.9 Å². The van der Waals surface area contributed by atoms with Gasteiger partial charge in [0.05, 0.1) is 17.2 Å². The van der Waals surface area contributed by atoms with Crippen molar-refractivity contribution in [3.63, 3.8) is 0 Å². The van der Waals surface area contributed by atoms with Crippen LogP contribution >= 0.6 is 23.4 Å². The fourth-order valence-electron chi connectivity index (χ4n) is 1.98. The Balaban J connectivity index is 1.91. The zero-order valence-electron chi connectivity index (χ0n) is 13.2. The molecule has 24 heavy (non-hydrogen) atoms. The minimum absolute atomic E-state index is 0.244. The summed E-state index contributed by atoms with van der Waals surface area (Å²) in [6.45, 7) is 1.41. The molecule has 1 atom stereocenters. The lowest BCUT2D eigenvalue weighted by atomic mass is 10.2. The first-order chi connectivity index (χ1) is 11.4. The van der Waals surface area contributed by atoms with E-state index in [4.69, 9.17) is 21.1 Å². The fraction of sp³-hybridized carbons (Fsp3) is 0.312. The third kappa shape index (κ3) is 5.01. The molecule has 0 saturated carbocycles. The van der Waals surface area contributed by atoms with Gasteiger partial charge in [0.25, 0.3) is 0 Å². The van der Waals surface area contributed by atoms with Gasteiger partial charge in [0.2, 0.25) is 11.8 Å². The van der Waals surface area contributed by atoms with E-state index < -0.39 is 5.97 Å².